The van der Waals surface area contributed by atoms with Crippen LogP contribution in [0.3, 0.4) is 0 Å². The highest BCUT2D eigenvalue weighted by atomic mass is 19.1. The van der Waals surface area contributed by atoms with E-state index in [2.05, 4.69) is 49.8 Å². The molecule has 0 saturated heterocycles. The summed E-state index contributed by atoms with van der Waals surface area (Å²) in [5.74, 6) is -0.467. The molecule has 3 aromatic carbocycles. The number of anilines is 1. The zero-order chi connectivity index (χ0) is 37.3. The Morgan fingerprint density at radius 1 is 0.640 bits per heavy atom. The third kappa shape index (κ3) is 9.78. The molecule has 1 aliphatic rings. The van der Waals surface area contributed by atoms with E-state index in [4.69, 9.17) is 5.73 Å². The van der Waals surface area contributed by atoms with E-state index < -0.39 is 15.7 Å². The van der Waals surface area contributed by atoms with Gasteiger partial charge in [-0.15, -0.1) is 0 Å². The summed E-state index contributed by atoms with van der Waals surface area (Å²) in [4.78, 5) is 23.8. The molecule has 13 heteroatoms. The molecule has 0 fully saturated rings. The second kappa shape index (κ2) is 16.9. The van der Waals surface area contributed by atoms with E-state index in [0.29, 0.717) is 0 Å². The first kappa shape index (κ1) is 38.5. The van der Waals surface area contributed by atoms with Gasteiger partial charge in [-0.25, -0.2) is 13.8 Å². The molecular formula is C37H43FN8O4. The number of nitrogen functional groups attached to an aromatic ring is 1. The van der Waals surface area contributed by atoms with Crippen molar-refractivity contribution in [3.8, 4) is 11.4 Å². The van der Waals surface area contributed by atoms with Gasteiger partial charge in [0.2, 0.25) is 0 Å². The van der Waals surface area contributed by atoms with Crippen molar-refractivity contribution >= 4 is 22.8 Å². The molecule has 3 heterocycles. The van der Waals surface area contributed by atoms with E-state index in [1.165, 1.54) is 40.2 Å². The number of rotatable bonds is 4. The average Bonchev–Trinajstić information content (AvgIpc) is 3.64. The first-order valence-corrected chi connectivity index (χ1v) is 15.8. The molecule has 0 aliphatic carbocycles. The molecule has 0 spiro atoms. The average molecular weight is 683 g/mol. The summed E-state index contributed by atoms with van der Waals surface area (Å²) in [5.41, 5.74) is 19.0. The zero-order valence-corrected chi connectivity index (χ0v) is 29.9. The highest BCUT2D eigenvalue weighted by Gasteiger charge is 2.11. The van der Waals surface area contributed by atoms with Crippen LogP contribution in [0.1, 0.15) is 54.7 Å². The number of hydrogen-bond donors (Lipinski definition) is 1. The van der Waals surface area contributed by atoms with E-state index in [1.807, 2.05) is 56.6 Å². The molecule has 6 rings (SSSR count). The van der Waals surface area contributed by atoms with Crippen LogP contribution in [-0.4, -0.2) is 41.7 Å². The lowest BCUT2D eigenvalue weighted by Crippen LogP contribution is -1.99. The van der Waals surface area contributed by atoms with Crippen LogP contribution in [0.15, 0.2) is 88.9 Å². The van der Waals surface area contributed by atoms with Crippen LogP contribution in [0.4, 0.5) is 21.5 Å². The fourth-order valence-corrected chi connectivity index (χ4v) is 4.62. The number of halogens is 1. The van der Waals surface area contributed by atoms with Crippen molar-refractivity contribution in [2.45, 2.75) is 62.3 Å². The quantitative estimate of drug-likeness (QED) is 0.113. The molecule has 0 radical (unpaired) electrons. The number of hydrogen-bond acceptors (Lipinski definition) is 8. The highest BCUT2D eigenvalue weighted by molar-refractivity contribution is 6.00. The highest BCUT2D eigenvalue weighted by Crippen LogP contribution is 2.20. The number of nitrogens with two attached hydrogens (primary N) is 1. The van der Waals surface area contributed by atoms with Crippen molar-refractivity contribution in [2.75, 3.05) is 12.3 Å². The first-order valence-electron chi connectivity index (χ1n) is 15.8. The summed E-state index contributed by atoms with van der Waals surface area (Å²) in [6, 6.07) is 18.5. The Morgan fingerprint density at radius 3 is 1.30 bits per heavy atom. The van der Waals surface area contributed by atoms with Crippen molar-refractivity contribution in [1.29, 1.82) is 0 Å². The Kier molecular flexibility index (Phi) is 13.0. The van der Waals surface area contributed by atoms with Crippen LogP contribution >= 0.6 is 0 Å². The predicted octanol–water partition coefficient (Wildman–Crippen LogP) is 8.62. The molecule has 262 valence electrons. The van der Waals surface area contributed by atoms with Crippen LogP contribution in [0.25, 0.3) is 11.4 Å². The molecule has 5 aromatic rings. The van der Waals surface area contributed by atoms with Gasteiger partial charge >= 0.3 is 0 Å². The van der Waals surface area contributed by atoms with Crippen molar-refractivity contribution in [3.63, 3.8) is 0 Å². The fourth-order valence-electron chi connectivity index (χ4n) is 4.62. The van der Waals surface area contributed by atoms with E-state index in [9.17, 15) is 24.6 Å². The molecule has 0 atom stereocenters. The minimum absolute atomic E-state index is 0.0898. The smallest absolute Gasteiger partial charge is 0.269 e. The molecule has 0 saturated carbocycles. The second-order valence-corrected chi connectivity index (χ2v) is 11.8. The molecule has 0 amide bonds. The maximum atomic E-state index is 12.1. The molecule has 2 N–H and O–H groups in total. The Morgan fingerprint density at radius 2 is 1.02 bits per heavy atom. The summed E-state index contributed by atoms with van der Waals surface area (Å²) < 4.78 is 15.9. The first-order chi connectivity index (χ1) is 23.5. The molecule has 0 bridgehead atoms. The summed E-state index contributed by atoms with van der Waals surface area (Å²) >= 11 is 0. The third-order valence-electron chi connectivity index (χ3n) is 8.52. The van der Waals surface area contributed by atoms with Crippen molar-refractivity contribution < 1.29 is 14.2 Å². The van der Waals surface area contributed by atoms with Gasteiger partial charge in [0, 0.05) is 47.1 Å². The van der Waals surface area contributed by atoms with Crippen LogP contribution in [-0.2, 0) is 0 Å². The normalized spacial score (nSPS) is 11.8. The number of benzene rings is 3. The summed E-state index contributed by atoms with van der Waals surface area (Å²) in [6.07, 6.45) is 0. The van der Waals surface area contributed by atoms with Gasteiger partial charge in [0.15, 0.2) is 0 Å². The van der Waals surface area contributed by atoms with E-state index >= 15 is 0 Å². The Bertz CT molecular complexity index is 2020. The number of aryl methyl sites for hydroxylation is 2. The third-order valence-corrected chi connectivity index (χ3v) is 8.52. The topological polar surface area (TPSA) is 160 Å². The lowest BCUT2D eigenvalue weighted by atomic mass is 10.1. The van der Waals surface area contributed by atoms with Crippen LogP contribution in [0.2, 0.25) is 0 Å². The maximum absolute atomic E-state index is 12.1. The van der Waals surface area contributed by atoms with E-state index in [-0.39, 0.29) is 11.4 Å². The number of nitro benzene ring substituents is 2. The van der Waals surface area contributed by atoms with Gasteiger partial charge in [0.1, 0.15) is 5.82 Å². The van der Waals surface area contributed by atoms with Crippen LogP contribution in [0.5, 0.6) is 0 Å². The van der Waals surface area contributed by atoms with Crippen LogP contribution < -0.4 is 5.73 Å². The Labute approximate surface area is 291 Å². The van der Waals surface area contributed by atoms with Gasteiger partial charge in [-0.3, -0.25) is 25.2 Å². The molecular weight excluding hydrogens is 639 g/mol. The lowest BCUT2D eigenvalue weighted by Gasteiger charge is -2.04. The van der Waals surface area contributed by atoms with Crippen LogP contribution in [0, 0.1) is 67.6 Å². The van der Waals surface area contributed by atoms with Gasteiger partial charge in [0.05, 0.1) is 39.2 Å². The van der Waals surface area contributed by atoms with Gasteiger partial charge in [0.25, 0.3) is 11.4 Å². The minimum Gasteiger partial charge on any atom is -0.399 e. The fraction of sp³-hybridized carbons (Fsp3) is 0.270. The van der Waals surface area contributed by atoms with E-state index in [0.717, 1.165) is 70.5 Å². The molecule has 0 unspecified atom stereocenters. The summed E-state index contributed by atoms with van der Waals surface area (Å²) in [7, 11) is 0. The lowest BCUT2D eigenvalue weighted by molar-refractivity contribution is -0.385. The summed E-state index contributed by atoms with van der Waals surface area (Å²) in [5, 5.41) is 29.4. The number of aliphatic imine (C=N–C) groups is 1. The SMILES string of the molecule is CC1=NCC(C)=C1C.Cc1nn(-c2ccc(N)cc2)c(C)c1C.Cc1nn(-c2ccc([N+](=O)[O-])cc2)c(C)c1C.O=[N+]([O-])c1ccc(F)cc1. The monoisotopic (exact) mass is 682 g/mol. The Hall–Kier alpha value is -5.98. The minimum atomic E-state index is -0.570. The number of aromatic nitrogens is 4. The van der Waals surface area contributed by atoms with Gasteiger partial charge in [-0.2, -0.15) is 10.2 Å². The van der Waals surface area contributed by atoms with Crippen molar-refractivity contribution in [1.82, 2.24) is 19.6 Å². The van der Waals surface area contributed by atoms with E-state index in [1.54, 1.807) is 16.8 Å². The van der Waals surface area contributed by atoms with Gasteiger partial charge in [-0.1, -0.05) is 0 Å². The summed E-state index contributed by atoms with van der Waals surface area (Å²) in [6.45, 7) is 19.4. The number of nitrogens with zero attached hydrogens (tertiary/aromatic N) is 7. The predicted molar refractivity (Wildman–Crippen MR) is 196 cm³/mol. The Balaban J connectivity index is 0.000000188. The zero-order valence-electron chi connectivity index (χ0n) is 29.9. The van der Waals surface area contributed by atoms with Gasteiger partial charge < -0.3 is 5.73 Å². The molecule has 12 nitrogen and oxygen atoms in total. The molecule has 2 aromatic heterocycles. The largest absolute Gasteiger partial charge is 0.399 e. The number of non-ortho nitro benzene ring substituents is 2. The van der Waals surface area contributed by atoms with Crippen molar-refractivity contribution in [2.24, 2.45) is 4.99 Å². The standard InChI is InChI=1S/C12H13N3O2.C12H15N3.C7H11N.C6H4FNO2/c1-8-9(2)13-14(10(8)3)11-4-6-12(7-5-11)15(16)17;1-8-9(2)14-15(10(8)3)12-6-4-11(13)5-7-12;1-5-4-8-7(3)6(5)2;7-5-1-3-6(4-2-5)8(9)10/h4-7H,1-3H3;4-7H,13H2,1-3H3;4H2,1-3H3;1-4H. The number of nitro groups is 2. The van der Waals surface area contributed by atoms with Gasteiger partial charge in [-0.05, 0) is 133 Å². The molecule has 50 heavy (non-hydrogen) atoms. The maximum Gasteiger partial charge on any atom is 0.269 e. The molecule has 1 aliphatic heterocycles. The second-order valence-electron chi connectivity index (χ2n) is 11.8. The number of allylic oxidation sites excluding steroid dienone is 1. The van der Waals surface area contributed by atoms with Crippen molar-refractivity contribution in [3.05, 3.63) is 144 Å².